The molecule has 3 atom stereocenters. The van der Waals surface area contributed by atoms with Gasteiger partial charge in [0.2, 0.25) is 0 Å². The number of aryl methyl sites for hydroxylation is 1. The van der Waals surface area contributed by atoms with Crippen LogP contribution in [-0.4, -0.2) is 54.4 Å². The number of ether oxygens (including phenoxy) is 2. The molecule has 0 aliphatic carbocycles. The molecule has 2 fully saturated rings. The molecule has 1 amide bonds. The molecular weight excluding hydrogens is 313 g/mol. The fourth-order valence-corrected chi connectivity index (χ4v) is 3.61. The number of amides is 1. The normalized spacial score (nSPS) is 27.3. The van der Waals surface area contributed by atoms with Crippen LogP contribution in [-0.2, 0) is 9.53 Å². The number of carbonyl (C=O) groups is 1. The largest absolute Gasteiger partial charge is 0.481 e. The van der Waals surface area contributed by atoms with E-state index in [1.54, 1.807) is 17.0 Å². The summed E-state index contributed by atoms with van der Waals surface area (Å²) < 4.78 is 24.6. The highest BCUT2D eigenvalue weighted by molar-refractivity contribution is 5.78. The van der Waals surface area contributed by atoms with Crippen molar-refractivity contribution >= 4 is 5.91 Å². The van der Waals surface area contributed by atoms with Crippen LogP contribution in [0, 0.1) is 18.7 Å². The zero-order chi connectivity index (χ0) is 17.1. The lowest BCUT2D eigenvalue weighted by Gasteiger charge is -2.36. The third-order valence-electron chi connectivity index (χ3n) is 4.91. The number of hydrogen-bond acceptors (Lipinski definition) is 4. The Morgan fingerprint density at radius 2 is 2.29 bits per heavy atom. The van der Waals surface area contributed by atoms with Crippen molar-refractivity contribution in [3.05, 3.63) is 29.6 Å². The van der Waals surface area contributed by atoms with Crippen LogP contribution >= 0.6 is 0 Å². The number of rotatable bonds is 4. The zero-order valence-electron chi connectivity index (χ0n) is 13.9. The Morgan fingerprint density at radius 1 is 1.46 bits per heavy atom. The van der Waals surface area contributed by atoms with E-state index in [1.165, 1.54) is 6.07 Å². The number of carbonyl (C=O) groups excluding carboxylic acids is 1. The molecule has 0 radical (unpaired) electrons. The van der Waals surface area contributed by atoms with E-state index in [0.29, 0.717) is 26.2 Å². The molecule has 2 saturated heterocycles. The highest BCUT2D eigenvalue weighted by atomic mass is 19.1. The molecule has 0 saturated carbocycles. The third kappa shape index (κ3) is 3.70. The lowest BCUT2D eigenvalue weighted by Crippen LogP contribution is -2.49. The number of likely N-dealkylation sites (tertiary alicyclic amines) is 1. The predicted octanol–water partition coefficient (Wildman–Crippen LogP) is 1.90. The van der Waals surface area contributed by atoms with Crippen molar-refractivity contribution < 1.29 is 23.8 Å². The van der Waals surface area contributed by atoms with Crippen molar-refractivity contribution in [2.24, 2.45) is 5.92 Å². The number of hydrogen-bond donors (Lipinski definition) is 1. The van der Waals surface area contributed by atoms with Gasteiger partial charge in [0.15, 0.2) is 18.2 Å². The van der Waals surface area contributed by atoms with Gasteiger partial charge in [0.05, 0.1) is 12.7 Å². The van der Waals surface area contributed by atoms with Crippen LogP contribution in [0.25, 0.3) is 0 Å². The van der Waals surface area contributed by atoms with E-state index >= 15 is 0 Å². The number of halogens is 1. The van der Waals surface area contributed by atoms with Crippen molar-refractivity contribution in [2.45, 2.75) is 38.3 Å². The maximum Gasteiger partial charge on any atom is 0.260 e. The Morgan fingerprint density at radius 3 is 3.08 bits per heavy atom. The SMILES string of the molecule is Cc1ccc(F)c(OCC(=O)N2CCC[C@@H]2[C@@H]2COCC[C@H]2O)c1. The predicted molar refractivity (Wildman–Crippen MR) is 86.3 cm³/mol. The molecule has 1 aromatic carbocycles. The monoisotopic (exact) mass is 337 g/mol. The van der Waals surface area contributed by atoms with Gasteiger partial charge in [0.25, 0.3) is 5.91 Å². The Hall–Kier alpha value is -1.66. The molecule has 6 heteroatoms. The molecule has 0 bridgehead atoms. The van der Waals surface area contributed by atoms with E-state index < -0.39 is 11.9 Å². The molecule has 0 aromatic heterocycles. The van der Waals surface area contributed by atoms with Gasteiger partial charge in [-0.05, 0) is 43.9 Å². The number of benzene rings is 1. The summed E-state index contributed by atoms with van der Waals surface area (Å²) in [6, 6.07) is 4.55. The topological polar surface area (TPSA) is 59.0 Å². The van der Waals surface area contributed by atoms with Gasteiger partial charge < -0.3 is 19.5 Å². The maximum atomic E-state index is 13.7. The van der Waals surface area contributed by atoms with Gasteiger partial charge in [0, 0.05) is 25.1 Å². The van der Waals surface area contributed by atoms with Gasteiger partial charge in [-0.2, -0.15) is 0 Å². The molecule has 3 rings (SSSR count). The van der Waals surface area contributed by atoms with Crippen molar-refractivity contribution in [1.82, 2.24) is 4.90 Å². The molecule has 0 spiro atoms. The van der Waals surface area contributed by atoms with Crippen LogP contribution < -0.4 is 4.74 Å². The minimum atomic E-state index is -0.470. The minimum Gasteiger partial charge on any atom is -0.481 e. The maximum absolute atomic E-state index is 13.7. The van der Waals surface area contributed by atoms with Crippen LogP contribution in [0.5, 0.6) is 5.75 Å². The number of aliphatic hydroxyl groups is 1. The number of nitrogens with zero attached hydrogens (tertiary/aromatic N) is 1. The molecular formula is C18H24FNO4. The highest BCUT2D eigenvalue weighted by Gasteiger charge is 2.39. The van der Waals surface area contributed by atoms with Crippen molar-refractivity contribution in [3.63, 3.8) is 0 Å². The average Bonchev–Trinajstić information content (AvgIpc) is 3.05. The Bertz CT molecular complexity index is 594. The van der Waals surface area contributed by atoms with Crippen LogP contribution in [0.4, 0.5) is 4.39 Å². The Balaban J connectivity index is 1.62. The Kier molecular flexibility index (Phi) is 5.36. The molecule has 1 N–H and O–H groups in total. The average molecular weight is 337 g/mol. The lowest BCUT2D eigenvalue weighted by atomic mass is 9.89. The molecule has 2 aliphatic rings. The first-order valence-corrected chi connectivity index (χ1v) is 8.50. The van der Waals surface area contributed by atoms with Gasteiger partial charge >= 0.3 is 0 Å². The van der Waals surface area contributed by atoms with E-state index in [1.807, 2.05) is 6.92 Å². The van der Waals surface area contributed by atoms with Crippen molar-refractivity contribution in [3.8, 4) is 5.75 Å². The van der Waals surface area contributed by atoms with Crippen molar-refractivity contribution in [2.75, 3.05) is 26.4 Å². The molecule has 24 heavy (non-hydrogen) atoms. The minimum absolute atomic E-state index is 0.0289. The van der Waals surface area contributed by atoms with Gasteiger partial charge in [-0.15, -0.1) is 0 Å². The van der Waals surface area contributed by atoms with Crippen LogP contribution in [0.15, 0.2) is 18.2 Å². The van der Waals surface area contributed by atoms with E-state index in [-0.39, 0.29) is 30.2 Å². The van der Waals surface area contributed by atoms with E-state index in [4.69, 9.17) is 9.47 Å². The second kappa shape index (κ2) is 7.49. The fourth-order valence-electron chi connectivity index (χ4n) is 3.61. The van der Waals surface area contributed by atoms with Crippen LogP contribution in [0.2, 0.25) is 0 Å². The summed E-state index contributed by atoms with van der Waals surface area (Å²) in [5.41, 5.74) is 0.875. The summed E-state index contributed by atoms with van der Waals surface area (Å²) in [6.07, 6.45) is 1.93. The summed E-state index contributed by atoms with van der Waals surface area (Å²) in [4.78, 5) is 14.3. The van der Waals surface area contributed by atoms with Gasteiger partial charge in [0.1, 0.15) is 0 Å². The molecule has 2 aliphatic heterocycles. The Labute approximate surface area is 141 Å². The first kappa shape index (κ1) is 17.2. The highest BCUT2D eigenvalue weighted by Crippen LogP contribution is 2.30. The fraction of sp³-hybridized carbons (Fsp3) is 0.611. The third-order valence-corrected chi connectivity index (χ3v) is 4.91. The smallest absolute Gasteiger partial charge is 0.260 e. The van der Waals surface area contributed by atoms with Gasteiger partial charge in [-0.25, -0.2) is 4.39 Å². The summed E-state index contributed by atoms with van der Waals surface area (Å²) in [5.74, 6) is -0.598. The molecule has 132 valence electrons. The molecule has 2 heterocycles. The van der Waals surface area contributed by atoms with Crippen LogP contribution in [0.3, 0.4) is 0 Å². The van der Waals surface area contributed by atoms with E-state index in [0.717, 1.165) is 18.4 Å². The van der Waals surface area contributed by atoms with Crippen LogP contribution in [0.1, 0.15) is 24.8 Å². The van der Waals surface area contributed by atoms with E-state index in [9.17, 15) is 14.3 Å². The second-order valence-electron chi connectivity index (χ2n) is 6.61. The lowest BCUT2D eigenvalue weighted by molar-refractivity contribution is -0.138. The molecule has 1 aromatic rings. The van der Waals surface area contributed by atoms with E-state index in [2.05, 4.69) is 0 Å². The van der Waals surface area contributed by atoms with Gasteiger partial charge in [-0.3, -0.25) is 4.79 Å². The standard InChI is InChI=1S/C18H24FNO4/c1-12-4-5-14(19)17(9-12)24-11-18(22)20-7-2-3-15(20)13-10-23-8-6-16(13)21/h4-5,9,13,15-16,21H,2-3,6-8,10-11H2,1H3/t13-,15+,16+/m0/s1. The summed E-state index contributed by atoms with van der Waals surface area (Å²) in [5, 5.41) is 10.2. The van der Waals surface area contributed by atoms with Gasteiger partial charge in [-0.1, -0.05) is 6.07 Å². The summed E-state index contributed by atoms with van der Waals surface area (Å²) in [6.45, 7) is 3.33. The number of aliphatic hydroxyl groups excluding tert-OH is 1. The summed E-state index contributed by atoms with van der Waals surface area (Å²) in [7, 11) is 0. The van der Waals surface area contributed by atoms with Crippen molar-refractivity contribution in [1.29, 1.82) is 0 Å². The second-order valence-corrected chi connectivity index (χ2v) is 6.61. The zero-order valence-corrected chi connectivity index (χ0v) is 13.9. The molecule has 5 nitrogen and oxygen atoms in total. The first-order chi connectivity index (χ1) is 11.6. The summed E-state index contributed by atoms with van der Waals surface area (Å²) >= 11 is 0. The first-order valence-electron chi connectivity index (χ1n) is 8.50. The molecule has 0 unspecified atom stereocenters. The quantitative estimate of drug-likeness (QED) is 0.912.